The molecule has 0 amide bonds. The van der Waals surface area contributed by atoms with Crippen molar-refractivity contribution in [3.05, 3.63) is 40.8 Å². The number of hydrogen-bond acceptors (Lipinski definition) is 3. The van der Waals surface area contributed by atoms with Crippen LogP contribution >= 0.6 is 11.3 Å². The molecular formula is C11H8FN3S. The molecule has 0 atom stereocenters. The molecule has 1 aromatic carbocycles. The second kappa shape index (κ2) is 3.31. The Morgan fingerprint density at radius 1 is 1.31 bits per heavy atom. The van der Waals surface area contributed by atoms with Crippen LogP contribution < -0.4 is 5.73 Å². The van der Waals surface area contributed by atoms with Crippen LogP contribution in [0.2, 0.25) is 0 Å². The minimum Gasteiger partial charge on any atom is -0.369 e. The third-order valence-corrected chi connectivity index (χ3v) is 3.08. The first-order chi connectivity index (χ1) is 7.75. The molecule has 0 radical (unpaired) electrons. The summed E-state index contributed by atoms with van der Waals surface area (Å²) in [5.41, 5.74) is 8.17. The van der Waals surface area contributed by atoms with E-state index in [0.717, 1.165) is 11.2 Å². The maximum absolute atomic E-state index is 13.0. The van der Waals surface area contributed by atoms with Crippen LogP contribution in [-0.2, 0) is 0 Å². The van der Waals surface area contributed by atoms with E-state index in [-0.39, 0.29) is 5.82 Å². The molecule has 0 fully saturated rings. The second-order valence-electron chi connectivity index (χ2n) is 3.42. The predicted molar refractivity (Wildman–Crippen MR) is 63.3 cm³/mol. The van der Waals surface area contributed by atoms with Crippen molar-refractivity contribution in [2.24, 2.45) is 0 Å². The minimum atomic E-state index is -0.303. The minimum absolute atomic E-state index is 0.303. The molecule has 0 aliphatic heterocycles. The number of nitrogens with two attached hydrogens (primary N) is 1. The zero-order valence-electron chi connectivity index (χ0n) is 8.22. The molecule has 5 heteroatoms. The van der Waals surface area contributed by atoms with Crippen molar-refractivity contribution in [3.8, 4) is 5.69 Å². The number of benzene rings is 1. The topological polar surface area (TPSA) is 43.8 Å². The van der Waals surface area contributed by atoms with Crippen LogP contribution in [0.15, 0.2) is 35.0 Å². The quantitative estimate of drug-likeness (QED) is 0.702. The number of halogens is 1. The van der Waals surface area contributed by atoms with Gasteiger partial charge in [-0.1, -0.05) is 0 Å². The normalized spacial score (nSPS) is 11.1. The molecule has 3 aromatic rings. The zero-order valence-corrected chi connectivity index (χ0v) is 9.04. The van der Waals surface area contributed by atoms with E-state index in [2.05, 4.69) is 4.98 Å². The number of anilines is 1. The predicted octanol–water partition coefficient (Wildman–Crippen LogP) is 2.81. The van der Waals surface area contributed by atoms with E-state index in [1.54, 1.807) is 17.4 Å². The van der Waals surface area contributed by atoms with E-state index in [1.165, 1.54) is 12.1 Å². The Bertz CT molecular complexity index is 643. The van der Waals surface area contributed by atoms with Crippen molar-refractivity contribution in [1.82, 2.24) is 9.55 Å². The number of imidazole rings is 1. The molecule has 0 aliphatic carbocycles. The van der Waals surface area contributed by atoms with Gasteiger partial charge in [-0.2, -0.15) is 11.3 Å². The molecule has 0 saturated carbocycles. The van der Waals surface area contributed by atoms with Crippen molar-refractivity contribution < 1.29 is 4.39 Å². The molecule has 2 N–H and O–H groups in total. The smallest absolute Gasteiger partial charge is 0.205 e. The third-order valence-electron chi connectivity index (χ3n) is 2.41. The average molecular weight is 233 g/mol. The van der Waals surface area contributed by atoms with E-state index >= 15 is 0 Å². The van der Waals surface area contributed by atoms with Gasteiger partial charge in [0.15, 0.2) is 0 Å². The van der Waals surface area contributed by atoms with Crippen LogP contribution in [0.1, 0.15) is 0 Å². The molecule has 0 bridgehead atoms. The van der Waals surface area contributed by atoms with Gasteiger partial charge in [0.05, 0.1) is 16.7 Å². The molecule has 2 heterocycles. The number of hydrogen-bond donors (Lipinski definition) is 1. The Hall–Kier alpha value is -1.88. The first kappa shape index (κ1) is 9.35. The van der Waals surface area contributed by atoms with Crippen LogP contribution in [0.4, 0.5) is 10.3 Å². The van der Waals surface area contributed by atoms with E-state index in [4.69, 9.17) is 5.73 Å². The van der Waals surface area contributed by atoms with E-state index in [9.17, 15) is 4.39 Å². The SMILES string of the molecule is Nc1nc2cc(F)ccc2n1-c1ccsc1. The Balaban J connectivity index is 2.36. The second-order valence-corrected chi connectivity index (χ2v) is 4.20. The lowest BCUT2D eigenvalue weighted by Gasteiger charge is -2.02. The molecule has 80 valence electrons. The van der Waals surface area contributed by atoms with Gasteiger partial charge in [0.25, 0.3) is 0 Å². The first-order valence-corrected chi connectivity index (χ1v) is 5.66. The molecule has 0 saturated heterocycles. The highest BCUT2D eigenvalue weighted by molar-refractivity contribution is 7.08. The van der Waals surface area contributed by atoms with Gasteiger partial charge in [0, 0.05) is 11.4 Å². The number of aromatic nitrogens is 2. The maximum atomic E-state index is 13.0. The fraction of sp³-hybridized carbons (Fsp3) is 0. The Kier molecular flexibility index (Phi) is 1.94. The van der Waals surface area contributed by atoms with Gasteiger partial charge in [-0.3, -0.25) is 4.57 Å². The highest BCUT2D eigenvalue weighted by Gasteiger charge is 2.10. The molecule has 3 nitrogen and oxygen atoms in total. The Morgan fingerprint density at radius 2 is 2.19 bits per heavy atom. The number of nitrogens with zero attached hydrogens (tertiary/aromatic N) is 2. The van der Waals surface area contributed by atoms with Crippen molar-refractivity contribution in [1.29, 1.82) is 0 Å². The highest BCUT2D eigenvalue weighted by Crippen LogP contribution is 2.24. The fourth-order valence-electron chi connectivity index (χ4n) is 1.73. The summed E-state index contributed by atoms with van der Waals surface area (Å²) in [7, 11) is 0. The Morgan fingerprint density at radius 3 is 2.94 bits per heavy atom. The lowest BCUT2D eigenvalue weighted by atomic mass is 10.3. The molecular weight excluding hydrogens is 225 g/mol. The standard InChI is InChI=1S/C11H8FN3S/c12-7-1-2-10-9(5-7)14-11(13)15(10)8-3-4-16-6-8/h1-6H,(H2,13,14). The maximum Gasteiger partial charge on any atom is 0.205 e. The molecule has 2 aromatic heterocycles. The van der Waals surface area contributed by atoms with E-state index < -0.39 is 0 Å². The van der Waals surface area contributed by atoms with Crippen LogP contribution in [0, 0.1) is 5.82 Å². The van der Waals surface area contributed by atoms with Crippen LogP contribution in [0.25, 0.3) is 16.7 Å². The van der Waals surface area contributed by atoms with Gasteiger partial charge < -0.3 is 5.73 Å². The fourth-order valence-corrected chi connectivity index (χ4v) is 2.35. The molecule has 3 rings (SSSR count). The van der Waals surface area contributed by atoms with Crippen molar-refractivity contribution >= 4 is 28.3 Å². The highest BCUT2D eigenvalue weighted by atomic mass is 32.1. The summed E-state index contributed by atoms with van der Waals surface area (Å²) in [4.78, 5) is 4.14. The lowest BCUT2D eigenvalue weighted by molar-refractivity contribution is 0.629. The van der Waals surface area contributed by atoms with Crippen molar-refractivity contribution in [2.45, 2.75) is 0 Å². The largest absolute Gasteiger partial charge is 0.369 e. The first-order valence-electron chi connectivity index (χ1n) is 4.72. The number of fused-ring (bicyclic) bond motifs is 1. The average Bonchev–Trinajstić information content (AvgIpc) is 2.83. The summed E-state index contributed by atoms with van der Waals surface area (Å²) in [5, 5.41) is 3.94. The number of rotatable bonds is 1. The van der Waals surface area contributed by atoms with Gasteiger partial charge in [-0.05, 0) is 23.6 Å². The van der Waals surface area contributed by atoms with Gasteiger partial charge in [-0.25, -0.2) is 9.37 Å². The number of nitrogen functional groups attached to an aromatic ring is 1. The van der Waals surface area contributed by atoms with Crippen LogP contribution in [-0.4, -0.2) is 9.55 Å². The zero-order chi connectivity index (χ0) is 11.1. The molecule has 0 spiro atoms. The van der Waals surface area contributed by atoms with Gasteiger partial charge >= 0.3 is 0 Å². The van der Waals surface area contributed by atoms with E-state index in [0.29, 0.717) is 11.5 Å². The summed E-state index contributed by atoms with van der Waals surface area (Å²) in [6.07, 6.45) is 0. The number of thiophene rings is 1. The van der Waals surface area contributed by atoms with Gasteiger partial charge in [-0.15, -0.1) is 0 Å². The lowest BCUT2D eigenvalue weighted by Crippen LogP contribution is -1.98. The van der Waals surface area contributed by atoms with Crippen LogP contribution in [0.3, 0.4) is 0 Å². The summed E-state index contributed by atoms with van der Waals surface area (Å²) < 4.78 is 14.8. The van der Waals surface area contributed by atoms with E-state index in [1.807, 2.05) is 21.4 Å². The Labute approximate surface area is 95.0 Å². The third kappa shape index (κ3) is 1.29. The molecule has 0 aliphatic rings. The van der Waals surface area contributed by atoms with Crippen LogP contribution in [0.5, 0.6) is 0 Å². The summed E-state index contributed by atoms with van der Waals surface area (Å²) in [5.74, 6) is 0.0708. The van der Waals surface area contributed by atoms with Crippen molar-refractivity contribution in [2.75, 3.05) is 5.73 Å². The van der Waals surface area contributed by atoms with Crippen molar-refractivity contribution in [3.63, 3.8) is 0 Å². The summed E-state index contributed by atoms with van der Waals surface area (Å²) in [6, 6.07) is 6.43. The monoisotopic (exact) mass is 233 g/mol. The summed E-state index contributed by atoms with van der Waals surface area (Å²) >= 11 is 1.58. The molecule has 16 heavy (non-hydrogen) atoms. The van der Waals surface area contributed by atoms with Gasteiger partial charge in [0.2, 0.25) is 5.95 Å². The summed E-state index contributed by atoms with van der Waals surface area (Å²) in [6.45, 7) is 0. The van der Waals surface area contributed by atoms with Gasteiger partial charge in [0.1, 0.15) is 5.82 Å². The molecule has 0 unspecified atom stereocenters.